The first-order valence-corrected chi connectivity index (χ1v) is 14.6. The second-order valence-corrected chi connectivity index (χ2v) is 12.4. The average molecular weight is 513 g/mol. The van der Waals surface area contributed by atoms with Crippen molar-refractivity contribution >= 4 is 42.6 Å². The molecule has 0 radical (unpaired) electrons. The minimum atomic E-state index is -3.59. The smallest absolute Gasteiger partial charge is 0.243 e. The average Bonchev–Trinajstić information content (AvgIpc) is 3.32. The Bertz CT molecular complexity index is 1310. The quantitative estimate of drug-likeness (QED) is 0.518. The van der Waals surface area contributed by atoms with Crippen LogP contribution in [0.4, 0.5) is 5.13 Å². The first kappa shape index (κ1) is 24.2. The number of hydrogen-bond donors (Lipinski definition) is 0. The largest absolute Gasteiger partial charge is 0.345 e. The summed E-state index contributed by atoms with van der Waals surface area (Å²) in [7, 11) is -3.59. The molecule has 2 aliphatic heterocycles. The van der Waals surface area contributed by atoms with Crippen molar-refractivity contribution < 1.29 is 13.2 Å². The van der Waals surface area contributed by atoms with Crippen LogP contribution in [-0.2, 0) is 21.2 Å². The monoisotopic (exact) mass is 512 g/mol. The van der Waals surface area contributed by atoms with Gasteiger partial charge in [0.05, 0.1) is 21.0 Å². The minimum absolute atomic E-state index is 0.0744. The predicted molar refractivity (Wildman–Crippen MR) is 140 cm³/mol. The number of carbonyl (C=O) groups excluding carboxylic acids is 1. The highest BCUT2D eigenvalue weighted by molar-refractivity contribution is 7.89. The number of amides is 1. The van der Waals surface area contributed by atoms with Crippen LogP contribution in [0.2, 0.25) is 0 Å². The summed E-state index contributed by atoms with van der Waals surface area (Å²) in [5, 5.41) is 1.01. The summed E-state index contributed by atoms with van der Waals surface area (Å²) >= 11 is 1.71. The van der Waals surface area contributed by atoms with E-state index >= 15 is 0 Å². The standard InChI is InChI=1S/C26H32N4O3S2/c1-3-20-8-11-23-24(17-20)34-26(27-23)29-15-13-28(14-16-29)25(31)21-5-4-12-30(18-21)35(32,33)22-9-6-19(2)7-10-22/h6-11,17,21H,3-5,12-16,18H2,1-2H3. The number of aromatic nitrogens is 1. The highest BCUT2D eigenvalue weighted by Crippen LogP contribution is 2.31. The summed E-state index contributed by atoms with van der Waals surface area (Å²) in [6, 6.07) is 13.4. The number of hydrogen-bond acceptors (Lipinski definition) is 6. The fourth-order valence-electron chi connectivity index (χ4n) is 4.91. The molecule has 0 aliphatic carbocycles. The molecule has 2 aliphatic rings. The van der Waals surface area contributed by atoms with Gasteiger partial charge in [0.25, 0.3) is 0 Å². The van der Waals surface area contributed by atoms with E-state index in [1.54, 1.807) is 23.5 Å². The summed E-state index contributed by atoms with van der Waals surface area (Å²) in [6.07, 6.45) is 2.44. The van der Waals surface area contributed by atoms with Crippen molar-refractivity contribution in [3.8, 4) is 0 Å². The Kier molecular flexibility index (Phi) is 6.83. The molecule has 0 saturated carbocycles. The third-order valence-corrected chi connectivity index (χ3v) is 10.1. The second kappa shape index (κ2) is 9.87. The number of sulfonamides is 1. The van der Waals surface area contributed by atoms with Crippen molar-refractivity contribution in [2.24, 2.45) is 5.92 Å². The molecule has 0 spiro atoms. The lowest BCUT2D eigenvalue weighted by Gasteiger charge is -2.38. The van der Waals surface area contributed by atoms with Gasteiger partial charge in [-0.25, -0.2) is 13.4 Å². The van der Waals surface area contributed by atoms with Gasteiger partial charge in [-0.1, -0.05) is 42.0 Å². The van der Waals surface area contributed by atoms with Crippen LogP contribution in [0.25, 0.3) is 10.2 Å². The molecule has 186 valence electrons. The van der Waals surface area contributed by atoms with E-state index in [1.807, 2.05) is 24.0 Å². The SMILES string of the molecule is CCc1ccc2nc(N3CCN(C(=O)C4CCCN(S(=O)(=O)c5ccc(C)cc5)C4)CC3)sc2c1. The highest BCUT2D eigenvalue weighted by Gasteiger charge is 2.36. The maximum Gasteiger partial charge on any atom is 0.243 e. The third kappa shape index (κ3) is 4.94. The van der Waals surface area contributed by atoms with E-state index in [0.717, 1.165) is 42.1 Å². The Morgan fingerprint density at radius 1 is 1.06 bits per heavy atom. The zero-order valence-corrected chi connectivity index (χ0v) is 21.9. The van der Waals surface area contributed by atoms with Crippen molar-refractivity contribution in [1.29, 1.82) is 0 Å². The molecule has 2 saturated heterocycles. The maximum absolute atomic E-state index is 13.3. The number of nitrogens with zero attached hydrogens (tertiary/aromatic N) is 4. The van der Waals surface area contributed by atoms with Gasteiger partial charge < -0.3 is 9.80 Å². The van der Waals surface area contributed by atoms with Gasteiger partial charge in [-0.15, -0.1) is 0 Å². The molecule has 1 unspecified atom stereocenters. The van der Waals surface area contributed by atoms with Gasteiger partial charge in [-0.3, -0.25) is 4.79 Å². The maximum atomic E-state index is 13.3. The molecule has 1 atom stereocenters. The van der Waals surface area contributed by atoms with Crippen LogP contribution in [0.15, 0.2) is 47.4 Å². The van der Waals surface area contributed by atoms with Gasteiger partial charge in [0, 0.05) is 39.3 Å². The van der Waals surface area contributed by atoms with Crippen LogP contribution in [0, 0.1) is 12.8 Å². The van der Waals surface area contributed by atoms with Gasteiger partial charge in [0.2, 0.25) is 15.9 Å². The lowest BCUT2D eigenvalue weighted by molar-refractivity contribution is -0.137. The zero-order chi connectivity index (χ0) is 24.6. The molecular weight excluding hydrogens is 480 g/mol. The minimum Gasteiger partial charge on any atom is -0.345 e. The number of anilines is 1. The van der Waals surface area contributed by atoms with Crippen LogP contribution >= 0.6 is 11.3 Å². The van der Waals surface area contributed by atoms with Gasteiger partial charge in [-0.05, 0) is 56.0 Å². The number of thiazole rings is 1. The lowest BCUT2D eigenvalue weighted by Crippen LogP contribution is -2.53. The van der Waals surface area contributed by atoms with Gasteiger partial charge in [0.15, 0.2) is 5.13 Å². The van der Waals surface area contributed by atoms with E-state index in [1.165, 1.54) is 14.6 Å². The second-order valence-electron chi connectivity index (χ2n) is 9.48. The van der Waals surface area contributed by atoms with Crippen LogP contribution in [-0.4, -0.2) is 67.8 Å². The number of aryl methyl sites for hydroxylation is 2. The van der Waals surface area contributed by atoms with Crippen molar-refractivity contribution in [3.63, 3.8) is 0 Å². The molecule has 9 heteroatoms. The highest BCUT2D eigenvalue weighted by atomic mass is 32.2. The molecule has 3 heterocycles. The fraction of sp³-hybridized carbons (Fsp3) is 0.462. The number of carbonyl (C=O) groups is 1. The molecule has 0 bridgehead atoms. The summed E-state index contributed by atoms with van der Waals surface area (Å²) in [4.78, 5) is 22.6. The van der Waals surface area contributed by atoms with Crippen molar-refractivity contribution in [1.82, 2.24) is 14.2 Å². The zero-order valence-electron chi connectivity index (χ0n) is 20.3. The van der Waals surface area contributed by atoms with Crippen molar-refractivity contribution in [2.45, 2.75) is 38.0 Å². The molecule has 35 heavy (non-hydrogen) atoms. The first-order valence-electron chi connectivity index (χ1n) is 12.3. The van der Waals surface area contributed by atoms with E-state index in [0.29, 0.717) is 31.0 Å². The Balaban J connectivity index is 1.21. The Morgan fingerprint density at radius 3 is 2.51 bits per heavy atom. The van der Waals surface area contributed by atoms with Crippen molar-refractivity contribution in [2.75, 3.05) is 44.2 Å². The van der Waals surface area contributed by atoms with E-state index in [-0.39, 0.29) is 18.4 Å². The molecule has 0 N–H and O–H groups in total. The van der Waals surface area contributed by atoms with E-state index in [2.05, 4.69) is 30.0 Å². The third-order valence-electron chi connectivity index (χ3n) is 7.10. The summed E-state index contributed by atoms with van der Waals surface area (Å²) < 4.78 is 29.0. The molecule has 1 aromatic heterocycles. The van der Waals surface area contributed by atoms with Crippen LogP contribution in [0.5, 0.6) is 0 Å². The normalized spacial score (nSPS) is 19.9. The summed E-state index contributed by atoms with van der Waals surface area (Å²) in [6.45, 7) is 7.56. The van der Waals surface area contributed by atoms with Crippen molar-refractivity contribution in [3.05, 3.63) is 53.6 Å². The molecule has 1 amide bonds. The predicted octanol–water partition coefficient (Wildman–Crippen LogP) is 3.92. The number of benzene rings is 2. The number of rotatable bonds is 5. The van der Waals surface area contributed by atoms with Crippen LogP contribution < -0.4 is 4.90 Å². The Morgan fingerprint density at radius 2 is 1.80 bits per heavy atom. The Labute approximate surface area is 211 Å². The molecule has 5 rings (SSSR count). The fourth-order valence-corrected chi connectivity index (χ4v) is 7.51. The number of piperidine rings is 1. The topological polar surface area (TPSA) is 73.8 Å². The summed E-state index contributed by atoms with van der Waals surface area (Å²) in [5.41, 5.74) is 3.36. The van der Waals surface area contributed by atoms with Crippen LogP contribution in [0.1, 0.15) is 30.9 Å². The number of piperazine rings is 1. The summed E-state index contributed by atoms with van der Waals surface area (Å²) in [5.74, 6) is -0.212. The van der Waals surface area contributed by atoms with E-state index in [9.17, 15) is 13.2 Å². The van der Waals surface area contributed by atoms with Gasteiger partial charge >= 0.3 is 0 Å². The van der Waals surface area contributed by atoms with Crippen LogP contribution in [0.3, 0.4) is 0 Å². The number of fused-ring (bicyclic) bond motifs is 1. The molecule has 2 aromatic carbocycles. The Hall–Kier alpha value is -2.49. The van der Waals surface area contributed by atoms with E-state index in [4.69, 9.17) is 4.98 Å². The molecule has 2 fully saturated rings. The van der Waals surface area contributed by atoms with E-state index < -0.39 is 10.0 Å². The lowest BCUT2D eigenvalue weighted by atomic mass is 9.98. The molecular formula is C26H32N4O3S2. The molecule has 3 aromatic rings. The first-order chi connectivity index (χ1) is 16.8. The van der Waals surface area contributed by atoms with Gasteiger partial charge in [-0.2, -0.15) is 4.31 Å². The van der Waals surface area contributed by atoms with Gasteiger partial charge in [0.1, 0.15) is 0 Å². The molecule has 7 nitrogen and oxygen atoms in total.